The summed E-state index contributed by atoms with van der Waals surface area (Å²) in [4.78, 5) is 18.1. The Morgan fingerprint density at radius 3 is 2.77 bits per heavy atom. The van der Waals surface area contributed by atoms with Crippen molar-refractivity contribution in [3.63, 3.8) is 0 Å². The SMILES string of the molecule is CN1CCC/C1=N\S(=O)(=O)c1cccc(NC(=O)/C=C/c2ccc(Oc3cccnc3)c(F)c2)c1. The van der Waals surface area contributed by atoms with E-state index >= 15 is 0 Å². The molecular weight excluding hydrogens is 471 g/mol. The molecule has 1 aliphatic rings. The summed E-state index contributed by atoms with van der Waals surface area (Å²) in [6, 6.07) is 13.5. The minimum Gasteiger partial charge on any atom is -0.453 e. The lowest BCUT2D eigenvalue weighted by Crippen LogP contribution is -2.20. The number of hydrogen-bond donors (Lipinski definition) is 1. The van der Waals surface area contributed by atoms with Crippen LogP contribution in [0.4, 0.5) is 10.1 Å². The maximum Gasteiger partial charge on any atom is 0.284 e. The normalized spacial score (nSPS) is 15.0. The van der Waals surface area contributed by atoms with E-state index in [-0.39, 0.29) is 10.6 Å². The van der Waals surface area contributed by atoms with E-state index < -0.39 is 21.7 Å². The minimum absolute atomic E-state index is 0.0154. The van der Waals surface area contributed by atoms with Crippen molar-refractivity contribution >= 4 is 33.5 Å². The highest BCUT2D eigenvalue weighted by Gasteiger charge is 2.20. The number of ether oxygens (including phenoxy) is 1. The van der Waals surface area contributed by atoms with E-state index in [1.165, 1.54) is 48.7 Å². The minimum atomic E-state index is -3.90. The summed E-state index contributed by atoms with van der Waals surface area (Å²) in [6.45, 7) is 0.765. The van der Waals surface area contributed by atoms with Gasteiger partial charge in [0.2, 0.25) is 5.91 Å². The molecule has 1 N–H and O–H groups in total. The summed E-state index contributed by atoms with van der Waals surface area (Å²) in [5.41, 5.74) is 0.746. The van der Waals surface area contributed by atoms with Crippen LogP contribution >= 0.6 is 0 Å². The molecule has 1 aromatic heterocycles. The fourth-order valence-electron chi connectivity index (χ4n) is 3.43. The number of rotatable bonds is 7. The third-order valence-corrected chi connectivity index (χ3v) is 6.51. The number of amides is 1. The maximum absolute atomic E-state index is 14.4. The molecule has 35 heavy (non-hydrogen) atoms. The average Bonchev–Trinajstić information content (AvgIpc) is 3.23. The van der Waals surface area contributed by atoms with Crippen LogP contribution in [0.5, 0.6) is 11.5 Å². The summed E-state index contributed by atoms with van der Waals surface area (Å²) < 4.78 is 49.1. The molecular formula is C25H23FN4O4S. The topological polar surface area (TPSA) is 101 Å². The van der Waals surface area contributed by atoms with E-state index in [0.29, 0.717) is 29.3 Å². The van der Waals surface area contributed by atoms with Gasteiger partial charge in [-0.1, -0.05) is 12.1 Å². The third kappa shape index (κ3) is 6.30. The molecule has 4 rings (SSSR count). The molecule has 3 aromatic rings. The Morgan fingerprint density at radius 2 is 2.06 bits per heavy atom. The Bertz CT molecular complexity index is 1390. The molecule has 0 spiro atoms. The molecule has 1 aliphatic heterocycles. The van der Waals surface area contributed by atoms with E-state index in [0.717, 1.165) is 13.0 Å². The van der Waals surface area contributed by atoms with Crippen LogP contribution in [0.25, 0.3) is 6.08 Å². The molecule has 0 bridgehead atoms. The van der Waals surface area contributed by atoms with Crippen molar-refractivity contribution in [3.8, 4) is 11.5 Å². The van der Waals surface area contributed by atoms with E-state index in [2.05, 4.69) is 14.7 Å². The number of likely N-dealkylation sites (tertiary alicyclic amines) is 1. The number of nitrogens with one attached hydrogen (secondary N) is 1. The highest BCUT2D eigenvalue weighted by Crippen LogP contribution is 2.25. The van der Waals surface area contributed by atoms with Gasteiger partial charge in [-0.2, -0.15) is 8.42 Å². The fourth-order valence-corrected chi connectivity index (χ4v) is 4.57. The number of pyridine rings is 1. The van der Waals surface area contributed by atoms with Crippen LogP contribution in [0, 0.1) is 5.82 Å². The van der Waals surface area contributed by atoms with Gasteiger partial charge in [0.25, 0.3) is 10.0 Å². The lowest BCUT2D eigenvalue weighted by molar-refractivity contribution is -0.111. The van der Waals surface area contributed by atoms with Crippen molar-refractivity contribution in [1.29, 1.82) is 0 Å². The largest absolute Gasteiger partial charge is 0.453 e. The zero-order valence-electron chi connectivity index (χ0n) is 18.9. The molecule has 0 unspecified atom stereocenters. The van der Waals surface area contributed by atoms with Gasteiger partial charge in [-0.3, -0.25) is 9.78 Å². The maximum atomic E-state index is 14.4. The number of halogens is 1. The summed E-state index contributed by atoms with van der Waals surface area (Å²) in [7, 11) is -2.10. The first-order valence-electron chi connectivity index (χ1n) is 10.8. The molecule has 0 aliphatic carbocycles. The quantitative estimate of drug-likeness (QED) is 0.486. The predicted molar refractivity (Wildman–Crippen MR) is 131 cm³/mol. The summed E-state index contributed by atoms with van der Waals surface area (Å²) in [5.74, 6) is -0.141. The second-order valence-electron chi connectivity index (χ2n) is 7.84. The molecule has 1 saturated heterocycles. The molecule has 0 radical (unpaired) electrons. The number of anilines is 1. The number of carbonyl (C=O) groups is 1. The van der Waals surface area contributed by atoms with Crippen LogP contribution in [0.3, 0.4) is 0 Å². The van der Waals surface area contributed by atoms with E-state index in [4.69, 9.17) is 4.74 Å². The van der Waals surface area contributed by atoms with Crippen molar-refractivity contribution in [3.05, 3.63) is 84.4 Å². The number of benzene rings is 2. The Balaban J connectivity index is 1.41. The standard InChI is InChI=1S/C25H23FN4O4S/c1-30-14-4-8-24(30)29-35(32,33)21-7-2-5-19(16-21)28-25(31)12-10-18-9-11-23(22(26)15-18)34-20-6-3-13-27-17-20/h2-3,5-7,9-13,15-17H,4,8,14H2,1H3,(H,28,31)/b12-10+,29-24+. The molecule has 2 heterocycles. The first-order chi connectivity index (χ1) is 16.8. The highest BCUT2D eigenvalue weighted by atomic mass is 32.2. The summed E-state index contributed by atoms with van der Waals surface area (Å²) in [6.07, 6.45) is 7.19. The molecule has 0 atom stereocenters. The van der Waals surface area contributed by atoms with Gasteiger partial charge in [0.15, 0.2) is 11.6 Å². The van der Waals surface area contributed by atoms with E-state index in [9.17, 15) is 17.6 Å². The van der Waals surface area contributed by atoms with Gasteiger partial charge < -0.3 is 15.0 Å². The smallest absolute Gasteiger partial charge is 0.284 e. The molecule has 2 aromatic carbocycles. The third-order valence-electron chi connectivity index (χ3n) is 5.20. The van der Waals surface area contributed by atoms with Crippen LogP contribution in [-0.2, 0) is 14.8 Å². The van der Waals surface area contributed by atoms with Crippen LogP contribution in [0.1, 0.15) is 18.4 Å². The molecule has 1 amide bonds. The Kier molecular flexibility index (Phi) is 7.21. The molecule has 180 valence electrons. The van der Waals surface area contributed by atoms with Gasteiger partial charge in [-0.25, -0.2) is 4.39 Å². The first kappa shape index (κ1) is 24.1. The van der Waals surface area contributed by atoms with Gasteiger partial charge in [-0.15, -0.1) is 4.40 Å². The molecule has 1 fully saturated rings. The number of aromatic nitrogens is 1. The molecule has 0 saturated carbocycles. The molecule has 10 heteroatoms. The van der Waals surface area contributed by atoms with Crippen LogP contribution < -0.4 is 10.1 Å². The Hall–Kier alpha value is -4.05. The summed E-state index contributed by atoms with van der Waals surface area (Å²) in [5, 5.41) is 2.61. The van der Waals surface area contributed by atoms with Crippen LogP contribution in [0.2, 0.25) is 0 Å². The number of amidine groups is 1. The van der Waals surface area contributed by atoms with Crippen LogP contribution in [-0.4, -0.2) is 43.6 Å². The van der Waals surface area contributed by atoms with Crippen molar-refractivity contribution in [2.24, 2.45) is 4.40 Å². The second kappa shape index (κ2) is 10.5. The van der Waals surface area contributed by atoms with Crippen molar-refractivity contribution in [2.45, 2.75) is 17.7 Å². The first-order valence-corrected chi connectivity index (χ1v) is 12.3. The summed E-state index contributed by atoms with van der Waals surface area (Å²) >= 11 is 0. The Morgan fingerprint density at radius 1 is 1.20 bits per heavy atom. The van der Waals surface area contributed by atoms with E-state index in [1.54, 1.807) is 37.5 Å². The monoisotopic (exact) mass is 494 g/mol. The fraction of sp³-hybridized carbons (Fsp3) is 0.160. The number of carbonyl (C=O) groups excluding carboxylic acids is 1. The van der Waals surface area contributed by atoms with Gasteiger partial charge in [0.1, 0.15) is 11.6 Å². The second-order valence-corrected chi connectivity index (χ2v) is 9.44. The predicted octanol–water partition coefficient (Wildman–Crippen LogP) is 4.48. The van der Waals surface area contributed by atoms with E-state index in [1.807, 2.05) is 4.90 Å². The molecule has 8 nitrogen and oxygen atoms in total. The van der Waals surface area contributed by atoms with Gasteiger partial charge in [0.05, 0.1) is 11.1 Å². The highest BCUT2D eigenvalue weighted by molar-refractivity contribution is 7.90. The van der Waals surface area contributed by atoms with Crippen LogP contribution in [0.15, 0.2) is 82.4 Å². The Labute approximate surface area is 202 Å². The van der Waals surface area contributed by atoms with Gasteiger partial charge in [-0.05, 0) is 60.5 Å². The lowest BCUT2D eigenvalue weighted by atomic mass is 10.2. The van der Waals surface area contributed by atoms with Crippen molar-refractivity contribution in [1.82, 2.24) is 9.88 Å². The zero-order chi connectivity index (χ0) is 24.8. The average molecular weight is 495 g/mol. The lowest BCUT2D eigenvalue weighted by Gasteiger charge is -2.11. The number of nitrogens with zero attached hydrogens (tertiary/aromatic N) is 3. The van der Waals surface area contributed by atoms with Gasteiger partial charge >= 0.3 is 0 Å². The zero-order valence-corrected chi connectivity index (χ0v) is 19.7. The van der Waals surface area contributed by atoms with Gasteiger partial charge in [0, 0.05) is 38.0 Å². The van der Waals surface area contributed by atoms with Crippen molar-refractivity contribution in [2.75, 3.05) is 18.9 Å². The van der Waals surface area contributed by atoms with Crippen molar-refractivity contribution < 1.29 is 22.3 Å². The number of hydrogen-bond acceptors (Lipinski definition) is 5. The number of sulfonamides is 1.